The van der Waals surface area contributed by atoms with Crippen LogP contribution in [0.2, 0.25) is 0 Å². The molecule has 1 aromatic carbocycles. The Hall–Kier alpha value is -2.38. The first kappa shape index (κ1) is 19.4. The van der Waals surface area contributed by atoms with E-state index < -0.39 is 5.54 Å². The summed E-state index contributed by atoms with van der Waals surface area (Å²) < 4.78 is 12.3. The Morgan fingerprint density at radius 3 is 2.67 bits per heavy atom. The molecule has 0 unspecified atom stereocenters. The lowest BCUT2D eigenvalue weighted by molar-refractivity contribution is -0.133. The Bertz CT molecular complexity index is 725. The molecular formula is C20H28N4O3. The minimum Gasteiger partial charge on any atom is -0.496 e. The maximum Gasteiger partial charge on any atom is 0.248 e. The number of piperidine rings is 1. The number of hydrogen-bond donors (Lipinski definition) is 1. The molecule has 0 saturated carbocycles. The van der Waals surface area contributed by atoms with E-state index in [0.717, 1.165) is 30.9 Å². The van der Waals surface area contributed by atoms with Gasteiger partial charge in [0.2, 0.25) is 5.91 Å². The van der Waals surface area contributed by atoms with Crippen molar-refractivity contribution in [3.63, 3.8) is 0 Å². The van der Waals surface area contributed by atoms with Gasteiger partial charge in [0.05, 0.1) is 13.7 Å². The monoisotopic (exact) mass is 372 g/mol. The number of hydrogen-bond acceptors (Lipinski definition) is 5. The van der Waals surface area contributed by atoms with Crippen LogP contribution < -0.4 is 10.1 Å². The zero-order chi connectivity index (χ0) is 19.1. The zero-order valence-corrected chi connectivity index (χ0v) is 16.1. The van der Waals surface area contributed by atoms with Crippen LogP contribution in [0.4, 0.5) is 0 Å². The van der Waals surface area contributed by atoms with E-state index in [-0.39, 0.29) is 5.91 Å². The van der Waals surface area contributed by atoms with Gasteiger partial charge >= 0.3 is 0 Å². The molecule has 1 amide bonds. The minimum absolute atomic E-state index is 0.0141. The number of amides is 1. The van der Waals surface area contributed by atoms with Gasteiger partial charge in [-0.25, -0.2) is 0 Å². The fraction of sp³-hybridized carbons (Fsp3) is 0.500. The lowest BCUT2D eigenvalue weighted by Gasteiger charge is -2.40. The van der Waals surface area contributed by atoms with Crippen molar-refractivity contribution >= 4 is 5.91 Å². The number of nitrogens with one attached hydrogen (secondary N) is 1. The van der Waals surface area contributed by atoms with Gasteiger partial charge in [0.1, 0.15) is 11.3 Å². The first-order valence-corrected chi connectivity index (χ1v) is 9.31. The van der Waals surface area contributed by atoms with E-state index in [9.17, 15) is 4.79 Å². The average Bonchev–Trinajstić information content (AvgIpc) is 3.24. The Labute approximate surface area is 160 Å². The number of benzene rings is 1. The lowest BCUT2D eigenvalue weighted by atomic mass is 9.86. The summed E-state index contributed by atoms with van der Waals surface area (Å²) in [5, 5.41) is 7.39. The Kier molecular flexibility index (Phi) is 6.47. The van der Waals surface area contributed by atoms with Crippen molar-refractivity contribution in [1.29, 1.82) is 0 Å². The van der Waals surface area contributed by atoms with Crippen molar-refractivity contribution in [2.45, 2.75) is 24.9 Å². The van der Waals surface area contributed by atoms with Crippen LogP contribution in [0.15, 0.2) is 42.7 Å². The molecule has 1 saturated heterocycles. The molecule has 1 aliphatic rings. The second-order valence-corrected chi connectivity index (χ2v) is 6.82. The fourth-order valence-electron chi connectivity index (χ4n) is 3.67. The summed E-state index contributed by atoms with van der Waals surface area (Å²) in [5.41, 5.74) is 0.519. The first-order valence-electron chi connectivity index (χ1n) is 9.31. The maximum absolute atomic E-state index is 13.0. The van der Waals surface area contributed by atoms with Gasteiger partial charge in [-0.1, -0.05) is 18.2 Å². The van der Waals surface area contributed by atoms with E-state index in [1.807, 2.05) is 35.1 Å². The van der Waals surface area contributed by atoms with Crippen LogP contribution in [0.1, 0.15) is 18.4 Å². The number of carbonyl (C=O) groups excluding carboxylic acids is 1. The number of aromatic nitrogens is 2. The topological polar surface area (TPSA) is 68.6 Å². The first-order chi connectivity index (χ1) is 13.2. The minimum atomic E-state index is -0.644. The van der Waals surface area contributed by atoms with Gasteiger partial charge in [-0.2, -0.15) is 5.10 Å². The van der Waals surface area contributed by atoms with Gasteiger partial charge in [0, 0.05) is 51.2 Å². The van der Waals surface area contributed by atoms with Crippen LogP contribution >= 0.6 is 0 Å². The van der Waals surface area contributed by atoms with Crippen LogP contribution in [0.25, 0.3) is 0 Å². The predicted molar refractivity (Wildman–Crippen MR) is 103 cm³/mol. The normalized spacial score (nSPS) is 16.8. The van der Waals surface area contributed by atoms with Crippen LogP contribution in [0.3, 0.4) is 0 Å². The molecule has 7 nitrogen and oxygen atoms in total. The molecule has 1 aliphatic heterocycles. The summed E-state index contributed by atoms with van der Waals surface area (Å²) >= 11 is 0. The molecule has 0 aliphatic carbocycles. The van der Waals surface area contributed by atoms with Crippen molar-refractivity contribution < 1.29 is 14.3 Å². The van der Waals surface area contributed by atoms with Gasteiger partial charge < -0.3 is 14.8 Å². The van der Waals surface area contributed by atoms with Crippen molar-refractivity contribution in [1.82, 2.24) is 20.0 Å². The summed E-state index contributed by atoms with van der Waals surface area (Å²) in [5.74, 6) is 0.916. The fourth-order valence-corrected chi connectivity index (χ4v) is 3.67. The summed E-state index contributed by atoms with van der Waals surface area (Å²) in [6.07, 6.45) is 5.03. The second kappa shape index (κ2) is 9.01. The molecule has 0 bridgehead atoms. The van der Waals surface area contributed by atoms with E-state index in [1.165, 1.54) is 0 Å². The lowest BCUT2D eigenvalue weighted by Crippen LogP contribution is -2.55. The third-order valence-electron chi connectivity index (χ3n) is 5.23. The molecule has 1 fully saturated rings. The van der Waals surface area contributed by atoms with Crippen molar-refractivity contribution in [3.05, 3.63) is 48.3 Å². The van der Waals surface area contributed by atoms with E-state index in [4.69, 9.17) is 9.47 Å². The summed E-state index contributed by atoms with van der Waals surface area (Å²) in [4.78, 5) is 15.4. The van der Waals surface area contributed by atoms with Gasteiger partial charge in [-0.3, -0.25) is 14.4 Å². The van der Waals surface area contributed by atoms with E-state index >= 15 is 0 Å². The number of carbonyl (C=O) groups is 1. The number of likely N-dealkylation sites (tertiary alicyclic amines) is 1. The van der Waals surface area contributed by atoms with Gasteiger partial charge in [-0.15, -0.1) is 0 Å². The van der Waals surface area contributed by atoms with Crippen molar-refractivity contribution in [3.8, 4) is 5.75 Å². The Balaban J connectivity index is 1.69. The molecule has 2 aromatic rings. The van der Waals surface area contributed by atoms with Gasteiger partial charge in [0.25, 0.3) is 0 Å². The number of ether oxygens (including phenoxy) is 2. The third kappa shape index (κ3) is 4.31. The summed E-state index contributed by atoms with van der Waals surface area (Å²) in [6, 6.07) is 9.94. The van der Waals surface area contributed by atoms with Crippen LogP contribution in [-0.2, 0) is 21.6 Å². The number of methoxy groups -OCH3 is 2. The summed E-state index contributed by atoms with van der Waals surface area (Å²) in [7, 11) is 3.33. The molecule has 0 atom stereocenters. The van der Waals surface area contributed by atoms with Crippen LogP contribution in [0.5, 0.6) is 5.75 Å². The number of rotatable bonds is 8. The predicted octanol–water partition coefficient (Wildman–Crippen LogP) is 1.65. The quantitative estimate of drug-likeness (QED) is 0.714. The smallest absolute Gasteiger partial charge is 0.248 e. The molecule has 146 valence electrons. The molecule has 0 radical (unpaired) electrons. The zero-order valence-electron chi connectivity index (χ0n) is 16.1. The molecule has 0 spiro atoms. The van der Waals surface area contributed by atoms with E-state index in [2.05, 4.69) is 21.4 Å². The highest BCUT2D eigenvalue weighted by Gasteiger charge is 2.43. The average molecular weight is 372 g/mol. The standard InChI is InChI=1S/C20H28N4O3/c1-26-15-11-21-19(25)20(24-12-5-10-22-24)8-13-23(14-9-20)16-17-6-3-4-7-18(17)27-2/h3-7,10,12H,8-9,11,13-16H2,1-2H3,(H,21,25). The molecule has 3 rings (SSSR count). The SMILES string of the molecule is COCCNC(=O)C1(n2cccn2)CCN(Cc2ccccc2OC)CC1. The van der Waals surface area contributed by atoms with Gasteiger partial charge in [-0.05, 0) is 25.0 Å². The number of para-hydroxylation sites is 1. The van der Waals surface area contributed by atoms with Crippen molar-refractivity contribution in [2.24, 2.45) is 0 Å². The highest BCUT2D eigenvalue weighted by Crippen LogP contribution is 2.31. The molecule has 1 N–H and O–H groups in total. The highest BCUT2D eigenvalue weighted by atomic mass is 16.5. The van der Waals surface area contributed by atoms with E-state index in [0.29, 0.717) is 26.0 Å². The maximum atomic E-state index is 13.0. The molecule has 1 aromatic heterocycles. The molecule has 7 heteroatoms. The largest absolute Gasteiger partial charge is 0.496 e. The highest BCUT2D eigenvalue weighted by molar-refractivity contribution is 5.84. The third-order valence-corrected chi connectivity index (χ3v) is 5.23. The second-order valence-electron chi connectivity index (χ2n) is 6.82. The number of nitrogens with zero attached hydrogens (tertiary/aromatic N) is 3. The Morgan fingerprint density at radius 2 is 2.00 bits per heavy atom. The van der Waals surface area contributed by atoms with Crippen molar-refractivity contribution in [2.75, 3.05) is 40.5 Å². The van der Waals surface area contributed by atoms with E-state index in [1.54, 1.807) is 20.4 Å². The molecule has 2 heterocycles. The molecule has 27 heavy (non-hydrogen) atoms. The van der Waals surface area contributed by atoms with Crippen LogP contribution in [-0.4, -0.2) is 61.0 Å². The van der Waals surface area contributed by atoms with Crippen LogP contribution in [0, 0.1) is 0 Å². The molecular weight excluding hydrogens is 344 g/mol. The summed E-state index contributed by atoms with van der Waals surface area (Å²) in [6.45, 7) is 3.44. The Morgan fingerprint density at radius 1 is 1.22 bits per heavy atom. The van der Waals surface area contributed by atoms with Gasteiger partial charge in [0.15, 0.2) is 0 Å².